The van der Waals surface area contributed by atoms with E-state index >= 15 is 0 Å². The summed E-state index contributed by atoms with van der Waals surface area (Å²) in [6.45, 7) is 9.89. The largest absolute Gasteiger partial charge is 0.350 e. The predicted molar refractivity (Wildman–Crippen MR) is 126 cm³/mol. The molecule has 0 unspecified atom stereocenters. The van der Waals surface area contributed by atoms with Crippen LogP contribution in [0.4, 0.5) is 0 Å². The highest BCUT2D eigenvalue weighted by atomic mass is 35.5. The molecule has 2 aromatic rings. The summed E-state index contributed by atoms with van der Waals surface area (Å²) >= 11 is 7.96. The molecule has 0 heterocycles. The van der Waals surface area contributed by atoms with Crippen LogP contribution in [-0.4, -0.2) is 34.0 Å². The van der Waals surface area contributed by atoms with Gasteiger partial charge >= 0.3 is 0 Å². The second-order valence-corrected chi connectivity index (χ2v) is 10.0. The molecule has 0 radical (unpaired) electrons. The van der Waals surface area contributed by atoms with Gasteiger partial charge < -0.3 is 10.2 Å². The van der Waals surface area contributed by atoms with Crippen LogP contribution in [0.5, 0.6) is 0 Å². The number of rotatable bonds is 8. The summed E-state index contributed by atoms with van der Waals surface area (Å²) in [5, 5.41) is 3.56. The SMILES string of the molecule is Cc1ccc(SCCC(=O)N(Cc2ccccc2Cl)[C@H](C)C(=O)NC(C)(C)C)cc1. The molecule has 0 fully saturated rings. The Hall–Kier alpha value is -1.98. The summed E-state index contributed by atoms with van der Waals surface area (Å²) in [7, 11) is 0. The number of hydrogen-bond acceptors (Lipinski definition) is 3. The van der Waals surface area contributed by atoms with E-state index in [1.165, 1.54) is 5.56 Å². The lowest BCUT2D eigenvalue weighted by molar-refractivity contribution is -0.140. The van der Waals surface area contributed by atoms with Crippen LogP contribution < -0.4 is 5.32 Å². The van der Waals surface area contributed by atoms with Gasteiger partial charge in [0.1, 0.15) is 6.04 Å². The first-order chi connectivity index (χ1) is 14.1. The summed E-state index contributed by atoms with van der Waals surface area (Å²) in [6, 6.07) is 15.1. The molecule has 0 bridgehead atoms. The van der Waals surface area contributed by atoms with Crippen molar-refractivity contribution in [2.75, 3.05) is 5.75 Å². The van der Waals surface area contributed by atoms with E-state index in [0.717, 1.165) is 10.5 Å². The van der Waals surface area contributed by atoms with Crippen LogP contribution in [0.3, 0.4) is 0 Å². The zero-order valence-electron chi connectivity index (χ0n) is 18.4. The van der Waals surface area contributed by atoms with Crippen LogP contribution in [0.1, 0.15) is 45.2 Å². The highest BCUT2D eigenvalue weighted by Gasteiger charge is 2.28. The van der Waals surface area contributed by atoms with Gasteiger partial charge in [-0.3, -0.25) is 9.59 Å². The minimum Gasteiger partial charge on any atom is -0.350 e. The lowest BCUT2D eigenvalue weighted by Crippen LogP contribution is -2.52. The number of carbonyl (C=O) groups is 2. The summed E-state index contributed by atoms with van der Waals surface area (Å²) in [5.74, 6) is 0.411. The fourth-order valence-corrected chi connectivity index (χ4v) is 3.94. The van der Waals surface area contributed by atoms with Gasteiger partial charge in [0.05, 0.1) is 0 Å². The normalized spacial score (nSPS) is 12.3. The average molecular weight is 447 g/mol. The van der Waals surface area contributed by atoms with Crippen LogP contribution in [0, 0.1) is 6.92 Å². The minimum absolute atomic E-state index is 0.0638. The zero-order valence-corrected chi connectivity index (χ0v) is 19.9. The van der Waals surface area contributed by atoms with Crippen molar-refractivity contribution < 1.29 is 9.59 Å². The quantitative estimate of drug-likeness (QED) is 0.547. The van der Waals surface area contributed by atoms with E-state index < -0.39 is 6.04 Å². The van der Waals surface area contributed by atoms with E-state index in [0.29, 0.717) is 23.7 Å². The van der Waals surface area contributed by atoms with Crippen molar-refractivity contribution >= 4 is 35.2 Å². The monoisotopic (exact) mass is 446 g/mol. The van der Waals surface area contributed by atoms with Crippen LogP contribution in [0.15, 0.2) is 53.4 Å². The number of hydrogen-bond donors (Lipinski definition) is 1. The Bertz CT molecular complexity index is 862. The molecule has 0 saturated heterocycles. The van der Waals surface area contributed by atoms with Crippen molar-refractivity contribution in [3.63, 3.8) is 0 Å². The minimum atomic E-state index is -0.600. The van der Waals surface area contributed by atoms with Gasteiger partial charge in [-0.05, 0) is 58.4 Å². The van der Waals surface area contributed by atoms with Crippen LogP contribution >= 0.6 is 23.4 Å². The van der Waals surface area contributed by atoms with E-state index in [2.05, 4.69) is 36.5 Å². The molecule has 2 aromatic carbocycles. The Morgan fingerprint density at radius 3 is 2.33 bits per heavy atom. The standard InChI is InChI=1S/C24H31ClN2O2S/c1-17-10-12-20(13-11-17)30-15-14-22(28)27(16-19-8-6-7-9-21(19)25)18(2)23(29)26-24(3,4)5/h6-13,18H,14-16H2,1-5H3,(H,26,29)/t18-/m1/s1. The second-order valence-electron chi connectivity index (χ2n) is 8.44. The van der Waals surface area contributed by atoms with E-state index in [1.54, 1.807) is 29.7 Å². The van der Waals surface area contributed by atoms with Crippen LogP contribution in [-0.2, 0) is 16.1 Å². The molecule has 1 atom stereocenters. The number of nitrogens with one attached hydrogen (secondary N) is 1. The number of thioether (sulfide) groups is 1. The van der Waals surface area contributed by atoms with Crippen molar-refractivity contribution in [2.45, 2.75) is 64.1 Å². The number of carbonyl (C=O) groups excluding carboxylic acids is 2. The molecule has 0 saturated carbocycles. The highest BCUT2D eigenvalue weighted by molar-refractivity contribution is 7.99. The Kier molecular flexibility index (Phi) is 8.80. The zero-order chi connectivity index (χ0) is 22.3. The topological polar surface area (TPSA) is 49.4 Å². The van der Waals surface area contributed by atoms with Crippen molar-refractivity contribution in [3.05, 3.63) is 64.7 Å². The molecule has 0 aliphatic rings. The molecule has 6 heteroatoms. The first-order valence-corrected chi connectivity index (χ1v) is 11.5. The maximum absolute atomic E-state index is 13.1. The van der Waals surface area contributed by atoms with Crippen molar-refractivity contribution in [1.29, 1.82) is 0 Å². The van der Waals surface area contributed by atoms with Gasteiger partial charge in [-0.25, -0.2) is 0 Å². The molecule has 2 rings (SSSR count). The van der Waals surface area contributed by atoms with Gasteiger partial charge in [-0.2, -0.15) is 0 Å². The number of nitrogens with zero attached hydrogens (tertiary/aromatic N) is 1. The fourth-order valence-electron chi connectivity index (χ4n) is 2.90. The average Bonchev–Trinajstić information content (AvgIpc) is 2.67. The molecule has 2 amide bonds. The van der Waals surface area contributed by atoms with Gasteiger partial charge in [0.25, 0.3) is 0 Å². The number of aryl methyl sites for hydroxylation is 1. The van der Waals surface area contributed by atoms with Crippen LogP contribution in [0.2, 0.25) is 5.02 Å². The van der Waals surface area contributed by atoms with Gasteiger partial charge in [0.2, 0.25) is 11.8 Å². The maximum Gasteiger partial charge on any atom is 0.242 e. The molecular formula is C24H31ClN2O2S. The van der Waals surface area contributed by atoms with E-state index in [9.17, 15) is 9.59 Å². The van der Waals surface area contributed by atoms with Gasteiger partial charge in [0.15, 0.2) is 0 Å². The molecule has 4 nitrogen and oxygen atoms in total. The van der Waals surface area contributed by atoms with Gasteiger partial charge in [-0.1, -0.05) is 47.5 Å². The first kappa shape index (κ1) is 24.3. The molecule has 0 aromatic heterocycles. The number of amides is 2. The summed E-state index contributed by atoms with van der Waals surface area (Å²) in [6.07, 6.45) is 0.343. The Balaban J connectivity index is 2.10. The van der Waals surface area contributed by atoms with Crippen molar-refractivity contribution in [3.8, 4) is 0 Å². The molecule has 1 N–H and O–H groups in total. The molecule has 0 aliphatic heterocycles. The molecule has 162 valence electrons. The summed E-state index contributed by atoms with van der Waals surface area (Å²) < 4.78 is 0. The lowest BCUT2D eigenvalue weighted by Gasteiger charge is -2.31. The first-order valence-electron chi connectivity index (χ1n) is 10.1. The second kappa shape index (κ2) is 10.9. The van der Waals surface area contributed by atoms with Crippen molar-refractivity contribution in [2.24, 2.45) is 0 Å². The molecule has 30 heavy (non-hydrogen) atoms. The predicted octanol–water partition coefficient (Wildman–Crippen LogP) is 5.46. The van der Waals surface area contributed by atoms with E-state index in [4.69, 9.17) is 11.6 Å². The third-order valence-electron chi connectivity index (χ3n) is 4.57. The third kappa shape index (κ3) is 7.69. The fraction of sp³-hybridized carbons (Fsp3) is 0.417. The Morgan fingerprint density at radius 1 is 1.10 bits per heavy atom. The number of halogens is 1. The molecular weight excluding hydrogens is 416 g/mol. The Labute approximate surface area is 189 Å². The summed E-state index contributed by atoms with van der Waals surface area (Å²) in [4.78, 5) is 28.6. The van der Waals surface area contributed by atoms with Crippen molar-refractivity contribution in [1.82, 2.24) is 10.2 Å². The third-order valence-corrected chi connectivity index (χ3v) is 5.95. The lowest BCUT2D eigenvalue weighted by atomic mass is 10.1. The van der Waals surface area contributed by atoms with Gasteiger partial charge in [0, 0.05) is 34.2 Å². The number of benzene rings is 2. The molecule has 0 aliphatic carbocycles. The maximum atomic E-state index is 13.1. The van der Waals surface area contributed by atoms with E-state index in [-0.39, 0.29) is 17.4 Å². The summed E-state index contributed by atoms with van der Waals surface area (Å²) in [5.41, 5.74) is 1.67. The highest BCUT2D eigenvalue weighted by Crippen LogP contribution is 2.22. The Morgan fingerprint density at radius 2 is 1.73 bits per heavy atom. The smallest absolute Gasteiger partial charge is 0.242 e. The van der Waals surface area contributed by atoms with Gasteiger partial charge in [-0.15, -0.1) is 11.8 Å². The van der Waals surface area contributed by atoms with Crippen LogP contribution in [0.25, 0.3) is 0 Å². The van der Waals surface area contributed by atoms with E-state index in [1.807, 2.05) is 39.0 Å². The molecule has 0 spiro atoms.